The lowest BCUT2D eigenvalue weighted by molar-refractivity contribution is -0.0488. The van der Waals surface area contributed by atoms with Gasteiger partial charge in [-0.25, -0.2) is 0 Å². The number of hydrogen-bond donors (Lipinski definition) is 1. The summed E-state index contributed by atoms with van der Waals surface area (Å²) >= 11 is 6.42. The number of carbonyl (C=O) groups excluding carboxylic acids is 1. The van der Waals surface area contributed by atoms with Gasteiger partial charge in [-0.1, -0.05) is 54.1 Å². The molecular formula is C26H25ClN2O3. The molecule has 0 bridgehead atoms. The third-order valence-corrected chi connectivity index (χ3v) is 7.07. The first-order valence-corrected chi connectivity index (χ1v) is 11.1. The number of hydrogen-bond acceptors (Lipinski definition) is 4. The van der Waals surface area contributed by atoms with Crippen LogP contribution in [-0.2, 0) is 6.54 Å². The zero-order chi connectivity index (χ0) is 22.2. The highest BCUT2D eigenvalue weighted by atomic mass is 35.5. The minimum atomic E-state index is -0.0556. The van der Waals surface area contributed by atoms with Crippen molar-refractivity contribution in [2.75, 3.05) is 25.2 Å². The molecule has 1 fully saturated rings. The first-order valence-electron chi connectivity index (χ1n) is 10.8. The van der Waals surface area contributed by atoms with Gasteiger partial charge >= 0.3 is 0 Å². The van der Waals surface area contributed by atoms with E-state index in [2.05, 4.69) is 11.0 Å². The summed E-state index contributed by atoms with van der Waals surface area (Å²) in [5.74, 6) is 0.774. The number of halogens is 1. The smallest absolute Gasteiger partial charge is 0.258 e. The molecule has 0 aromatic heterocycles. The number of nitrogens with zero attached hydrogens (tertiary/aromatic N) is 2. The van der Waals surface area contributed by atoms with E-state index in [0.29, 0.717) is 29.4 Å². The predicted molar refractivity (Wildman–Crippen MR) is 126 cm³/mol. The van der Waals surface area contributed by atoms with E-state index >= 15 is 0 Å². The number of rotatable bonds is 5. The Bertz CT molecular complexity index is 1150. The quantitative estimate of drug-likeness (QED) is 0.631. The van der Waals surface area contributed by atoms with Crippen molar-refractivity contribution < 1.29 is 14.6 Å². The van der Waals surface area contributed by atoms with Crippen LogP contribution < -0.4 is 9.64 Å². The molecule has 0 aliphatic carbocycles. The Morgan fingerprint density at radius 3 is 2.66 bits per heavy atom. The average molecular weight is 449 g/mol. The number of para-hydroxylation sites is 1. The second-order valence-corrected chi connectivity index (χ2v) is 8.72. The lowest BCUT2D eigenvalue weighted by Gasteiger charge is -2.59. The third-order valence-electron chi connectivity index (χ3n) is 6.70. The maximum Gasteiger partial charge on any atom is 0.258 e. The van der Waals surface area contributed by atoms with Crippen LogP contribution in [0.5, 0.6) is 5.75 Å². The van der Waals surface area contributed by atoms with Gasteiger partial charge in [-0.2, -0.15) is 0 Å². The molecule has 0 radical (unpaired) electrons. The van der Waals surface area contributed by atoms with E-state index in [1.54, 1.807) is 13.2 Å². The molecule has 5 nitrogen and oxygen atoms in total. The normalized spacial score (nSPS) is 22.0. The number of likely N-dealkylation sites (tertiary alicyclic amines) is 1. The summed E-state index contributed by atoms with van der Waals surface area (Å²) in [4.78, 5) is 17.7. The molecule has 3 aromatic carbocycles. The molecular weight excluding hydrogens is 424 g/mol. The maximum atomic E-state index is 13.6. The Morgan fingerprint density at radius 2 is 1.88 bits per heavy atom. The Hall–Kier alpha value is -2.86. The van der Waals surface area contributed by atoms with Crippen molar-refractivity contribution in [1.82, 2.24) is 4.90 Å². The van der Waals surface area contributed by atoms with Crippen molar-refractivity contribution in [3.8, 4) is 5.75 Å². The summed E-state index contributed by atoms with van der Waals surface area (Å²) in [5, 5.41) is 10.9. The van der Waals surface area contributed by atoms with Gasteiger partial charge in [0.25, 0.3) is 5.91 Å². The maximum absolute atomic E-state index is 13.6. The Kier molecular flexibility index (Phi) is 5.64. The van der Waals surface area contributed by atoms with Crippen LogP contribution in [0.4, 0.5) is 5.69 Å². The van der Waals surface area contributed by atoms with E-state index in [-0.39, 0.29) is 30.5 Å². The first kappa shape index (κ1) is 21.0. The number of ether oxygens (including phenoxy) is 1. The fourth-order valence-electron chi connectivity index (χ4n) is 5.13. The van der Waals surface area contributed by atoms with Gasteiger partial charge in [0.1, 0.15) is 5.75 Å². The van der Waals surface area contributed by atoms with Crippen LogP contribution in [0.3, 0.4) is 0 Å². The number of aliphatic hydroxyl groups excluding tert-OH is 1. The molecule has 3 aromatic rings. The largest absolute Gasteiger partial charge is 0.497 e. The molecule has 0 saturated carbocycles. The molecule has 6 heteroatoms. The summed E-state index contributed by atoms with van der Waals surface area (Å²) < 4.78 is 5.32. The standard InChI is InChI=1S/C26H25ClN2O3/c1-32-19-9-6-8-17(13-19)26(31)29-15-23-25(20-10-3-5-12-22(20)29)24(16-30)28(23)14-18-7-2-4-11-21(18)27/h2-13,23-25,30H,14-16H2,1H3/t23-,24-,25+/m1/s1. The van der Waals surface area contributed by atoms with Gasteiger partial charge < -0.3 is 14.7 Å². The van der Waals surface area contributed by atoms with Gasteiger partial charge in [-0.15, -0.1) is 0 Å². The van der Waals surface area contributed by atoms with Crippen LogP contribution in [0.15, 0.2) is 72.8 Å². The van der Waals surface area contributed by atoms with Crippen LogP contribution in [0.25, 0.3) is 0 Å². The van der Waals surface area contributed by atoms with Gasteiger partial charge in [0, 0.05) is 47.4 Å². The van der Waals surface area contributed by atoms with Crippen molar-refractivity contribution in [2.45, 2.75) is 24.5 Å². The number of amides is 1. The zero-order valence-electron chi connectivity index (χ0n) is 17.8. The molecule has 0 unspecified atom stereocenters. The SMILES string of the molecule is COc1cccc(C(=O)N2C[C@@H]3[C@H](c4ccccc42)[C@@H](CO)N3Cc2ccccc2Cl)c1. The van der Waals surface area contributed by atoms with Crippen LogP contribution in [0.1, 0.15) is 27.4 Å². The van der Waals surface area contributed by atoms with Gasteiger partial charge in [0.05, 0.1) is 13.7 Å². The van der Waals surface area contributed by atoms with Crippen LogP contribution in [0, 0.1) is 0 Å². The third kappa shape index (κ3) is 3.47. The fourth-order valence-corrected chi connectivity index (χ4v) is 5.32. The first-order chi connectivity index (χ1) is 15.6. The summed E-state index contributed by atoms with van der Waals surface area (Å²) in [6.07, 6.45) is 0. The summed E-state index contributed by atoms with van der Waals surface area (Å²) in [5.41, 5.74) is 3.63. The Morgan fingerprint density at radius 1 is 1.09 bits per heavy atom. The van der Waals surface area contributed by atoms with Crippen molar-refractivity contribution in [2.24, 2.45) is 0 Å². The highest BCUT2D eigenvalue weighted by molar-refractivity contribution is 6.31. The fraction of sp³-hybridized carbons (Fsp3) is 0.269. The molecule has 3 atom stereocenters. The summed E-state index contributed by atoms with van der Waals surface area (Å²) in [6.45, 7) is 1.25. The lowest BCUT2D eigenvalue weighted by Crippen LogP contribution is -2.68. The second kappa shape index (κ2) is 8.58. The minimum Gasteiger partial charge on any atom is -0.497 e. The van der Waals surface area contributed by atoms with Gasteiger partial charge in [0.15, 0.2) is 0 Å². The van der Waals surface area contributed by atoms with Crippen molar-refractivity contribution in [1.29, 1.82) is 0 Å². The molecule has 2 aliphatic rings. The molecule has 32 heavy (non-hydrogen) atoms. The molecule has 2 aliphatic heterocycles. The van der Waals surface area contributed by atoms with E-state index in [1.165, 1.54) is 0 Å². The summed E-state index contributed by atoms with van der Waals surface area (Å²) in [7, 11) is 1.60. The van der Waals surface area contributed by atoms with E-state index in [0.717, 1.165) is 16.8 Å². The van der Waals surface area contributed by atoms with E-state index < -0.39 is 0 Å². The number of benzene rings is 3. The lowest BCUT2D eigenvalue weighted by atomic mass is 9.71. The van der Waals surface area contributed by atoms with Crippen LogP contribution in [0.2, 0.25) is 5.02 Å². The zero-order valence-corrected chi connectivity index (χ0v) is 18.6. The topological polar surface area (TPSA) is 53.0 Å². The van der Waals surface area contributed by atoms with Crippen LogP contribution >= 0.6 is 11.6 Å². The van der Waals surface area contributed by atoms with E-state index in [4.69, 9.17) is 16.3 Å². The Balaban J connectivity index is 1.50. The van der Waals surface area contributed by atoms with E-state index in [1.807, 2.05) is 65.6 Å². The highest BCUT2D eigenvalue weighted by Crippen LogP contribution is 2.49. The predicted octanol–water partition coefficient (Wildman–Crippen LogP) is 4.34. The van der Waals surface area contributed by atoms with Crippen LogP contribution in [-0.4, -0.2) is 48.3 Å². The molecule has 0 spiro atoms. The molecule has 5 rings (SSSR count). The minimum absolute atomic E-state index is 0.00788. The van der Waals surface area contributed by atoms with E-state index in [9.17, 15) is 9.90 Å². The summed E-state index contributed by atoms with van der Waals surface area (Å²) in [6, 6.07) is 23.2. The van der Waals surface area contributed by atoms with Crippen molar-refractivity contribution >= 4 is 23.2 Å². The Labute approximate surface area is 192 Å². The number of aliphatic hydroxyl groups is 1. The monoisotopic (exact) mass is 448 g/mol. The molecule has 2 heterocycles. The average Bonchev–Trinajstić information content (AvgIpc) is 2.83. The number of fused-ring (bicyclic) bond motifs is 3. The number of carbonyl (C=O) groups is 1. The highest BCUT2D eigenvalue weighted by Gasteiger charge is 2.53. The molecule has 1 amide bonds. The molecule has 164 valence electrons. The number of anilines is 1. The van der Waals surface area contributed by atoms with Crippen molar-refractivity contribution in [3.05, 3.63) is 94.5 Å². The van der Waals surface area contributed by atoms with Gasteiger partial charge in [0.2, 0.25) is 0 Å². The van der Waals surface area contributed by atoms with Gasteiger partial charge in [-0.05, 0) is 41.5 Å². The van der Waals surface area contributed by atoms with Gasteiger partial charge in [-0.3, -0.25) is 9.69 Å². The molecule has 1 N–H and O–H groups in total. The number of methoxy groups -OCH3 is 1. The second-order valence-electron chi connectivity index (χ2n) is 8.31. The van der Waals surface area contributed by atoms with Crippen molar-refractivity contribution in [3.63, 3.8) is 0 Å². The molecule has 1 saturated heterocycles.